The smallest absolute Gasteiger partial charge is 0.241 e. The van der Waals surface area contributed by atoms with Crippen molar-refractivity contribution in [3.05, 3.63) is 30.0 Å². The summed E-state index contributed by atoms with van der Waals surface area (Å²) in [4.78, 5) is 14.6. The third kappa shape index (κ3) is 2.68. The Morgan fingerprint density at radius 3 is 2.67 bits per heavy atom. The first kappa shape index (κ1) is 14.1. The van der Waals surface area contributed by atoms with Gasteiger partial charge in [0.25, 0.3) is 0 Å². The van der Waals surface area contributed by atoms with Crippen LogP contribution in [0.25, 0.3) is 10.9 Å². The second-order valence-corrected chi connectivity index (χ2v) is 6.03. The number of rotatable bonds is 3. The Balaban J connectivity index is 1.76. The lowest BCUT2D eigenvalue weighted by Gasteiger charge is -2.22. The summed E-state index contributed by atoms with van der Waals surface area (Å²) in [5, 5.41) is 4.22. The summed E-state index contributed by atoms with van der Waals surface area (Å²) in [5.74, 6) is 0.0869. The number of hydrogen-bond acceptors (Lipinski definition) is 2. The van der Waals surface area contributed by atoms with Gasteiger partial charge in [0, 0.05) is 29.3 Å². The lowest BCUT2D eigenvalue weighted by atomic mass is 10.2. The minimum Gasteiger partial charge on any atom is -0.348 e. The summed E-state index contributed by atoms with van der Waals surface area (Å²) in [6.45, 7) is 6.15. The maximum absolute atomic E-state index is 12.3. The molecule has 0 bridgehead atoms. The zero-order valence-corrected chi connectivity index (χ0v) is 13.0. The number of nitrogens with one attached hydrogen (secondary N) is 1. The highest BCUT2D eigenvalue weighted by atomic mass is 16.2. The molecule has 1 unspecified atom stereocenters. The van der Waals surface area contributed by atoms with Gasteiger partial charge >= 0.3 is 0 Å². The Labute approximate surface area is 125 Å². The molecule has 1 aliphatic rings. The summed E-state index contributed by atoms with van der Waals surface area (Å²) >= 11 is 0. The molecule has 1 fully saturated rings. The normalized spacial score (nSPS) is 17.3. The predicted octanol–water partition coefficient (Wildman–Crippen LogP) is 2.91. The third-order valence-corrected chi connectivity index (χ3v) is 4.62. The maximum atomic E-state index is 12.3. The fourth-order valence-electron chi connectivity index (χ4n) is 3.11. The molecule has 2 heterocycles. The minimum absolute atomic E-state index is 0.0549. The number of aromatic nitrogens is 1. The van der Waals surface area contributed by atoms with Crippen LogP contribution in [0, 0.1) is 6.92 Å². The van der Waals surface area contributed by atoms with E-state index in [9.17, 15) is 4.79 Å². The molecule has 1 aromatic carbocycles. The van der Waals surface area contributed by atoms with E-state index in [1.807, 2.05) is 13.0 Å². The predicted molar refractivity (Wildman–Crippen MR) is 86.6 cm³/mol. The number of fused-ring (bicyclic) bond motifs is 1. The van der Waals surface area contributed by atoms with Crippen molar-refractivity contribution in [1.82, 2.24) is 9.47 Å². The van der Waals surface area contributed by atoms with Crippen LogP contribution in [-0.2, 0) is 11.8 Å². The van der Waals surface area contributed by atoms with E-state index in [0.717, 1.165) is 18.8 Å². The van der Waals surface area contributed by atoms with Gasteiger partial charge in [0.05, 0.1) is 6.04 Å². The van der Waals surface area contributed by atoms with Crippen LogP contribution >= 0.6 is 0 Å². The van der Waals surface area contributed by atoms with Gasteiger partial charge in [-0.25, -0.2) is 0 Å². The Morgan fingerprint density at radius 2 is 1.95 bits per heavy atom. The van der Waals surface area contributed by atoms with Crippen LogP contribution in [0.3, 0.4) is 0 Å². The van der Waals surface area contributed by atoms with Crippen molar-refractivity contribution >= 4 is 22.5 Å². The van der Waals surface area contributed by atoms with Crippen LogP contribution in [0.15, 0.2) is 24.3 Å². The van der Waals surface area contributed by atoms with Crippen LogP contribution in [0.2, 0.25) is 0 Å². The van der Waals surface area contributed by atoms with Gasteiger partial charge in [0.1, 0.15) is 0 Å². The van der Waals surface area contributed by atoms with Gasteiger partial charge in [-0.2, -0.15) is 0 Å². The molecule has 2 aromatic rings. The fraction of sp³-hybridized carbons (Fsp3) is 0.471. The van der Waals surface area contributed by atoms with Crippen LogP contribution in [-0.4, -0.2) is 34.5 Å². The SMILES string of the molecule is Cc1cc2cc(NC(=O)C(C)N3CCCC3)ccc2n1C. The number of amides is 1. The van der Waals surface area contributed by atoms with Crippen molar-refractivity contribution in [1.29, 1.82) is 0 Å². The van der Waals surface area contributed by atoms with Crippen molar-refractivity contribution in [2.24, 2.45) is 7.05 Å². The molecular weight excluding hydrogens is 262 g/mol. The molecule has 112 valence electrons. The van der Waals surface area contributed by atoms with Gasteiger partial charge in [0.2, 0.25) is 5.91 Å². The molecule has 21 heavy (non-hydrogen) atoms. The molecule has 4 nitrogen and oxygen atoms in total. The van der Waals surface area contributed by atoms with Crippen LogP contribution in [0.5, 0.6) is 0 Å². The van der Waals surface area contributed by atoms with Gasteiger partial charge in [-0.1, -0.05) is 0 Å². The molecule has 0 saturated carbocycles. The van der Waals surface area contributed by atoms with Crippen LogP contribution < -0.4 is 5.32 Å². The first-order chi connectivity index (χ1) is 10.1. The van der Waals surface area contributed by atoms with E-state index in [2.05, 4.69) is 47.0 Å². The second-order valence-electron chi connectivity index (χ2n) is 6.03. The number of likely N-dealkylation sites (tertiary alicyclic amines) is 1. The van der Waals surface area contributed by atoms with Crippen LogP contribution in [0.4, 0.5) is 5.69 Å². The molecule has 1 aromatic heterocycles. The molecule has 4 heteroatoms. The van der Waals surface area contributed by atoms with E-state index in [1.54, 1.807) is 0 Å². The minimum atomic E-state index is -0.0549. The highest BCUT2D eigenvalue weighted by Gasteiger charge is 2.23. The van der Waals surface area contributed by atoms with Gasteiger partial charge in [-0.3, -0.25) is 9.69 Å². The first-order valence-corrected chi connectivity index (χ1v) is 7.67. The molecule has 1 saturated heterocycles. The van der Waals surface area contributed by atoms with E-state index in [0.29, 0.717) is 0 Å². The molecule has 1 N–H and O–H groups in total. The molecule has 0 spiro atoms. The number of anilines is 1. The molecule has 0 radical (unpaired) electrons. The third-order valence-electron chi connectivity index (χ3n) is 4.62. The zero-order chi connectivity index (χ0) is 15.0. The van der Waals surface area contributed by atoms with Crippen molar-refractivity contribution in [3.8, 4) is 0 Å². The molecule has 1 amide bonds. The molecule has 0 aliphatic carbocycles. The van der Waals surface area contributed by atoms with E-state index in [-0.39, 0.29) is 11.9 Å². The Morgan fingerprint density at radius 1 is 1.24 bits per heavy atom. The van der Waals surface area contributed by atoms with Crippen LogP contribution in [0.1, 0.15) is 25.5 Å². The lowest BCUT2D eigenvalue weighted by Crippen LogP contribution is -2.40. The van der Waals surface area contributed by atoms with Crippen molar-refractivity contribution in [2.45, 2.75) is 32.7 Å². The Hall–Kier alpha value is -1.81. The number of aryl methyl sites for hydroxylation is 2. The number of carbonyl (C=O) groups excluding carboxylic acids is 1. The molecular formula is C17H23N3O. The number of nitrogens with zero attached hydrogens (tertiary/aromatic N) is 2. The van der Waals surface area contributed by atoms with Gasteiger partial charge in [-0.05, 0) is 64.0 Å². The summed E-state index contributed by atoms with van der Waals surface area (Å²) in [6.07, 6.45) is 2.40. The van der Waals surface area contributed by atoms with Gasteiger partial charge in [0.15, 0.2) is 0 Å². The summed E-state index contributed by atoms with van der Waals surface area (Å²) in [7, 11) is 2.06. The second kappa shape index (κ2) is 5.53. The molecule has 3 rings (SSSR count). The number of benzene rings is 1. The highest BCUT2D eigenvalue weighted by Crippen LogP contribution is 2.22. The van der Waals surface area contributed by atoms with E-state index >= 15 is 0 Å². The van der Waals surface area contributed by atoms with Crippen molar-refractivity contribution in [3.63, 3.8) is 0 Å². The van der Waals surface area contributed by atoms with Crippen molar-refractivity contribution in [2.75, 3.05) is 18.4 Å². The summed E-state index contributed by atoms with van der Waals surface area (Å²) in [5.41, 5.74) is 3.29. The topological polar surface area (TPSA) is 37.3 Å². The lowest BCUT2D eigenvalue weighted by molar-refractivity contribution is -0.120. The maximum Gasteiger partial charge on any atom is 0.241 e. The first-order valence-electron chi connectivity index (χ1n) is 7.67. The largest absolute Gasteiger partial charge is 0.348 e. The van der Waals surface area contributed by atoms with Gasteiger partial charge in [-0.15, -0.1) is 0 Å². The monoisotopic (exact) mass is 285 g/mol. The average molecular weight is 285 g/mol. The molecule has 1 atom stereocenters. The Kier molecular flexibility index (Phi) is 3.72. The molecule has 1 aliphatic heterocycles. The van der Waals surface area contributed by atoms with Gasteiger partial charge < -0.3 is 9.88 Å². The van der Waals surface area contributed by atoms with Crippen molar-refractivity contribution < 1.29 is 4.79 Å². The summed E-state index contributed by atoms with van der Waals surface area (Å²) < 4.78 is 2.16. The highest BCUT2D eigenvalue weighted by molar-refractivity contribution is 5.96. The number of carbonyl (C=O) groups is 1. The number of hydrogen-bond donors (Lipinski definition) is 1. The average Bonchev–Trinajstić information content (AvgIpc) is 3.08. The Bertz CT molecular complexity index is 668. The van der Waals surface area contributed by atoms with E-state index < -0.39 is 0 Å². The van der Waals surface area contributed by atoms with E-state index in [4.69, 9.17) is 0 Å². The van der Waals surface area contributed by atoms with E-state index in [1.165, 1.54) is 29.4 Å². The zero-order valence-electron chi connectivity index (χ0n) is 13.0. The quantitative estimate of drug-likeness (QED) is 0.941. The fourth-order valence-corrected chi connectivity index (χ4v) is 3.11. The summed E-state index contributed by atoms with van der Waals surface area (Å²) in [6, 6.07) is 8.20. The standard InChI is InChI=1S/C17H23N3O/c1-12-10-14-11-15(6-7-16(14)19(12)3)18-17(21)13(2)20-8-4-5-9-20/h6-7,10-11,13H,4-5,8-9H2,1-3H3,(H,18,21).